The molecule has 0 bridgehead atoms. The van der Waals surface area contributed by atoms with E-state index in [9.17, 15) is 28.8 Å². The molecule has 0 aliphatic carbocycles. The van der Waals surface area contributed by atoms with E-state index in [-0.39, 0.29) is 24.0 Å². The van der Waals surface area contributed by atoms with Gasteiger partial charge in [-0.15, -0.1) is 0 Å². The molecule has 0 heterocycles. The van der Waals surface area contributed by atoms with Crippen LogP contribution in [-0.2, 0) is 19.2 Å². The highest BCUT2D eigenvalue weighted by atomic mass is 16.4. The summed E-state index contributed by atoms with van der Waals surface area (Å²) in [5.74, 6) is -6.79. The van der Waals surface area contributed by atoms with Crippen LogP contribution in [0.4, 0.5) is 0 Å². The summed E-state index contributed by atoms with van der Waals surface area (Å²) in [4.78, 5) is 59.1. The minimum Gasteiger partial charge on any atom is -0.481 e. The predicted molar refractivity (Wildman–Crippen MR) is 89.3 cm³/mol. The zero-order chi connectivity index (χ0) is 22.3. The minimum absolute atomic E-state index is 0.0833. The molecule has 0 aliphatic rings. The smallest absolute Gasteiger partial charge is 0.335 e. The summed E-state index contributed by atoms with van der Waals surface area (Å²) >= 11 is 0. The van der Waals surface area contributed by atoms with Crippen LogP contribution in [0.3, 0.4) is 0 Å². The van der Waals surface area contributed by atoms with Gasteiger partial charge in [-0.2, -0.15) is 0 Å². The summed E-state index contributed by atoms with van der Waals surface area (Å²) in [6, 6.07) is 5.02. The average molecular weight is 400 g/mol. The Morgan fingerprint density at radius 3 is 0.964 bits per heavy atom. The van der Waals surface area contributed by atoms with Crippen molar-refractivity contribution in [3.63, 3.8) is 0 Å². The zero-order valence-corrected chi connectivity index (χ0v) is 14.0. The highest BCUT2D eigenvalue weighted by Crippen LogP contribution is 2.03. The van der Waals surface area contributed by atoms with Gasteiger partial charge in [0.25, 0.3) is 0 Å². The number of aromatic carboxylic acids is 2. The van der Waals surface area contributed by atoms with Gasteiger partial charge in [0, 0.05) is 12.2 Å². The Kier molecular flexibility index (Phi) is 13.0. The van der Waals surface area contributed by atoms with Crippen molar-refractivity contribution in [2.45, 2.75) is 12.8 Å². The molecule has 28 heavy (non-hydrogen) atoms. The zero-order valence-electron chi connectivity index (χ0n) is 14.0. The van der Waals surface area contributed by atoms with Gasteiger partial charge in [-0.3, -0.25) is 9.59 Å². The summed E-state index contributed by atoms with van der Waals surface area (Å²) in [6.45, 7) is 0. The van der Waals surface area contributed by atoms with Crippen LogP contribution in [0.2, 0.25) is 0 Å². The molecular weight excluding hydrogens is 384 g/mol. The normalized spacial score (nSPS) is 9.14. The van der Waals surface area contributed by atoms with E-state index in [0.717, 1.165) is 0 Å². The molecule has 1 rings (SSSR count). The second kappa shape index (κ2) is 14.0. The molecule has 0 saturated carbocycles. The highest BCUT2D eigenvalue weighted by molar-refractivity contribution is 5.91. The van der Waals surface area contributed by atoms with E-state index in [1.807, 2.05) is 0 Å². The maximum atomic E-state index is 10.3. The summed E-state index contributed by atoms with van der Waals surface area (Å²) in [5, 5.41) is 48.4. The van der Waals surface area contributed by atoms with Gasteiger partial charge in [0.15, 0.2) is 0 Å². The summed E-state index contributed by atoms with van der Waals surface area (Å²) in [7, 11) is 0. The third-order valence-corrected chi connectivity index (χ3v) is 2.30. The molecule has 0 fully saturated rings. The maximum Gasteiger partial charge on any atom is 0.335 e. The fourth-order valence-corrected chi connectivity index (χ4v) is 1.11. The lowest BCUT2D eigenvalue weighted by atomic mass is 10.1. The van der Waals surface area contributed by atoms with Crippen molar-refractivity contribution >= 4 is 35.8 Å². The van der Waals surface area contributed by atoms with Gasteiger partial charge in [0.05, 0.1) is 24.0 Å². The summed E-state index contributed by atoms with van der Waals surface area (Å²) in [5.41, 5.74) is 0.167. The van der Waals surface area contributed by atoms with Crippen LogP contribution in [0.25, 0.3) is 0 Å². The topological polar surface area (TPSA) is 224 Å². The van der Waals surface area contributed by atoms with E-state index in [1.165, 1.54) is 24.3 Å². The van der Waals surface area contributed by atoms with Crippen molar-refractivity contribution in [2.24, 2.45) is 0 Å². The predicted octanol–water partition coefficient (Wildman–Crippen LogP) is 0.731. The van der Waals surface area contributed by atoms with Crippen LogP contribution >= 0.6 is 0 Å². The van der Waals surface area contributed by atoms with Crippen molar-refractivity contribution in [3.8, 4) is 0 Å². The van der Waals surface area contributed by atoms with Crippen LogP contribution in [0.15, 0.2) is 36.4 Å². The Morgan fingerprint density at radius 1 is 0.571 bits per heavy atom. The monoisotopic (exact) mass is 400 g/mol. The SMILES string of the molecule is O=C(O)/C=C\C(=O)O.O=C(O)CCC(=O)O.O=C(O)c1ccc(C(=O)O)cc1. The number of hydrogen-bond acceptors (Lipinski definition) is 6. The summed E-state index contributed by atoms with van der Waals surface area (Å²) < 4.78 is 0. The largest absolute Gasteiger partial charge is 0.481 e. The van der Waals surface area contributed by atoms with Crippen LogP contribution in [0, 0.1) is 0 Å². The Balaban J connectivity index is 0. The molecule has 1 aromatic carbocycles. The molecule has 152 valence electrons. The molecule has 0 aliphatic heterocycles. The van der Waals surface area contributed by atoms with Crippen LogP contribution in [-0.4, -0.2) is 66.5 Å². The van der Waals surface area contributed by atoms with Gasteiger partial charge in [-0.05, 0) is 24.3 Å². The molecule has 0 amide bonds. The van der Waals surface area contributed by atoms with Gasteiger partial charge in [-0.25, -0.2) is 19.2 Å². The van der Waals surface area contributed by atoms with Crippen molar-refractivity contribution in [1.82, 2.24) is 0 Å². The molecule has 0 aromatic heterocycles. The molecule has 0 radical (unpaired) electrons. The van der Waals surface area contributed by atoms with Crippen molar-refractivity contribution in [3.05, 3.63) is 47.5 Å². The van der Waals surface area contributed by atoms with Gasteiger partial charge >= 0.3 is 35.8 Å². The first-order valence-electron chi connectivity index (χ1n) is 7.01. The van der Waals surface area contributed by atoms with Crippen LogP contribution in [0.1, 0.15) is 33.6 Å². The first-order valence-corrected chi connectivity index (χ1v) is 7.01. The number of aliphatic carboxylic acids is 4. The van der Waals surface area contributed by atoms with E-state index >= 15 is 0 Å². The minimum atomic E-state index is -1.26. The highest BCUT2D eigenvalue weighted by Gasteiger charge is 2.04. The van der Waals surface area contributed by atoms with E-state index in [2.05, 4.69) is 0 Å². The fraction of sp³-hybridized carbons (Fsp3) is 0.125. The van der Waals surface area contributed by atoms with Crippen LogP contribution < -0.4 is 0 Å². The molecule has 0 spiro atoms. The van der Waals surface area contributed by atoms with Gasteiger partial charge in [0.1, 0.15) is 0 Å². The third kappa shape index (κ3) is 16.6. The van der Waals surface area contributed by atoms with E-state index in [4.69, 9.17) is 30.6 Å². The van der Waals surface area contributed by atoms with Gasteiger partial charge in [-0.1, -0.05) is 0 Å². The third-order valence-electron chi connectivity index (χ3n) is 2.30. The number of rotatable bonds is 7. The van der Waals surface area contributed by atoms with E-state index < -0.39 is 35.8 Å². The average Bonchev–Trinajstić information content (AvgIpc) is 2.59. The Bertz CT molecular complexity index is 682. The quantitative estimate of drug-likeness (QED) is 0.348. The Labute approximate surface area is 156 Å². The van der Waals surface area contributed by atoms with E-state index in [0.29, 0.717) is 12.2 Å². The van der Waals surface area contributed by atoms with Gasteiger partial charge < -0.3 is 30.6 Å². The first-order chi connectivity index (χ1) is 12.9. The lowest BCUT2D eigenvalue weighted by molar-refractivity contribution is -0.143. The summed E-state index contributed by atoms with van der Waals surface area (Å²) in [6.07, 6.45) is 0.523. The second-order valence-corrected chi connectivity index (χ2v) is 4.48. The van der Waals surface area contributed by atoms with E-state index in [1.54, 1.807) is 0 Å². The first kappa shape index (κ1) is 26.0. The van der Waals surface area contributed by atoms with Crippen molar-refractivity contribution in [2.75, 3.05) is 0 Å². The van der Waals surface area contributed by atoms with Crippen molar-refractivity contribution in [1.29, 1.82) is 0 Å². The Hall–Kier alpha value is -4.22. The lowest BCUT2D eigenvalue weighted by Crippen LogP contribution is -2.00. The number of carboxylic acid groups (broad SMARTS) is 6. The fourth-order valence-electron chi connectivity index (χ4n) is 1.11. The number of hydrogen-bond donors (Lipinski definition) is 6. The molecule has 12 heteroatoms. The number of carbonyl (C=O) groups is 6. The standard InChI is InChI=1S/C8H6O4.C4H6O4.C4H4O4/c9-7(10)5-1-2-6(4-3-5)8(11)12;2*5-3(6)1-2-4(7)8/h1-4H,(H,9,10)(H,11,12);1-2H2,(H,5,6)(H,7,8);1-2H,(H,5,6)(H,7,8)/b;;2-1-. The van der Waals surface area contributed by atoms with Crippen LogP contribution in [0.5, 0.6) is 0 Å². The lowest BCUT2D eigenvalue weighted by Gasteiger charge is -1.94. The van der Waals surface area contributed by atoms with Gasteiger partial charge in [0.2, 0.25) is 0 Å². The molecule has 1 aromatic rings. The molecular formula is C16H16O12. The molecule has 0 saturated heterocycles. The Morgan fingerprint density at radius 2 is 0.821 bits per heavy atom. The number of benzene rings is 1. The van der Waals surface area contributed by atoms with Crippen molar-refractivity contribution < 1.29 is 59.4 Å². The molecule has 6 N–H and O–H groups in total. The molecule has 12 nitrogen and oxygen atoms in total. The molecule has 0 atom stereocenters. The number of carboxylic acids is 6. The maximum absolute atomic E-state index is 10.3. The molecule has 0 unspecified atom stereocenters. The second-order valence-electron chi connectivity index (χ2n) is 4.48.